The summed E-state index contributed by atoms with van der Waals surface area (Å²) in [6, 6.07) is 0. The van der Waals surface area contributed by atoms with Gasteiger partial charge in [0.1, 0.15) is 24.9 Å². The van der Waals surface area contributed by atoms with Crippen LogP contribution in [0.1, 0.15) is 0 Å². The second kappa shape index (κ2) is 6.05. The first-order valence-corrected chi connectivity index (χ1v) is 8.07. The van der Waals surface area contributed by atoms with Crippen molar-refractivity contribution in [1.29, 1.82) is 0 Å². The molecule has 4 atom stereocenters. The lowest BCUT2D eigenvalue weighted by molar-refractivity contribution is -0.237. The molecule has 0 spiro atoms. The second-order valence-electron chi connectivity index (χ2n) is 3.93. The first-order chi connectivity index (χ1) is 8.90. The Kier molecular flexibility index (Phi) is 5.48. The molecule has 120 valence electrons. The SMILES string of the molecule is O=P(O)(O)OC[C@@H]1O[C@](CO)(OP(=O)(O)O)[C@H](O)[C@H]1O. The average Bonchev–Trinajstić information content (AvgIpc) is 2.49. The lowest BCUT2D eigenvalue weighted by atomic mass is 10.1. The number of phosphoric acid groups is 2. The molecule has 1 aliphatic rings. The maximum Gasteiger partial charge on any atom is 0.472 e. The normalized spacial score (nSPS) is 35.5. The summed E-state index contributed by atoms with van der Waals surface area (Å²) in [6.45, 7) is -2.14. The first-order valence-electron chi connectivity index (χ1n) is 5.01. The molecular weight excluding hydrogens is 326 g/mol. The van der Waals surface area contributed by atoms with Gasteiger partial charge in [-0.2, -0.15) is 0 Å². The third-order valence-corrected chi connectivity index (χ3v) is 3.44. The van der Waals surface area contributed by atoms with E-state index in [9.17, 15) is 19.3 Å². The quantitative estimate of drug-likeness (QED) is 0.242. The van der Waals surface area contributed by atoms with Gasteiger partial charge in [-0.3, -0.25) is 4.52 Å². The molecule has 0 amide bonds. The number of ether oxygens (including phenoxy) is 1. The van der Waals surface area contributed by atoms with Crippen LogP contribution in [0.25, 0.3) is 0 Å². The van der Waals surface area contributed by atoms with Crippen molar-refractivity contribution in [2.45, 2.75) is 24.1 Å². The highest BCUT2D eigenvalue weighted by Gasteiger charge is 2.58. The molecule has 0 aromatic carbocycles. The standard InChI is InChI=1S/C6H14O12P2/c7-2-6(18-20(13,14)15)5(9)4(8)3(17-6)1-16-19(10,11)12/h3-5,7-9H,1-2H2,(H2,10,11,12)(H2,13,14,15)/t3-,4-,5+,6+/m0/s1. The van der Waals surface area contributed by atoms with Crippen LogP contribution in [0, 0.1) is 0 Å². The monoisotopic (exact) mass is 340 g/mol. The maximum atomic E-state index is 10.8. The minimum absolute atomic E-state index is 0.908. The summed E-state index contributed by atoms with van der Waals surface area (Å²) in [6.07, 6.45) is -5.53. The van der Waals surface area contributed by atoms with Gasteiger partial charge in [0.05, 0.1) is 6.61 Å². The lowest BCUT2D eigenvalue weighted by Crippen LogP contribution is -2.47. The second-order valence-corrected chi connectivity index (χ2v) is 6.33. The van der Waals surface area contributed by atoms with Crippen molar-refractivity contribution in [3.63, 3.8) is 0 Å². The third-order valence-electron chi connectivity index (χ3n) is 2.41. The van der Waals surface area contributed by atoms with Crippen LogP contribution in [0.15, 0.2) is 0 Å². The van der Waals surface area contributed by atoms with Gasteiger partial charge in [-0.15, -0.1) is 0 Å². The first kappa shape index (κ1) is 18.1. The fourth-order valence-corrected chi connectivity index (χ4v) is 2.55. The van der Waals surface area contributed by atoms with E-state index < -0.39 is 53.0 Å². The molecule has 0 radical (unpaired) electrons. The Balaban J connectivity index is 2.85. The zero-order valence-electron chi connectivity index (χ0n) is 9.71. The number of hydrogen-bond acceptors (Lipinski definition) is 8. The molecule has 1 heterocycles. The van der Waals surface area contributed by atoms with E-state index in [0.717, 1.165) is 0 Å². The van der Waals surface area contributed by atoms with E-state index >= 15 is 0 Å². The van der Waals surface area contributed by atoms with Crippen LogP contribution >= 0.6 is 15.6 Å². The fourth-order valence-electron chi connectivity index (χ4n) is 1.60. The Labute approximate surface area is 112 Å². The molecule has 0 unspecified atom stereocenters. The number of phosphoric ester groups is 2. The molecule has 1 fully saturated rings. The van der Waals surface area contributed by atoms with Gasteiger partial charge in [0, 0.05) is 0 Å². The van der Waals surface area contributed by atoms with Crippen LogP contribution in [0.3, 0.4) is 0 Å². The van der Waals surface area contributed by atoms with Gasteiger partial charge in [-0.1, -0.05) is 0 Å². The smallest absolute Gasteiger partial charge is 0.391 e. The van der Waals surface area contributed by atoms with Crippen molar-refractivity contribution < 1.29 is 57.8 Å². The van der Waals surface area contributed by atoms with E-state index in [1.54, 1.807) is 0 Å². The topological polar surface area (TPSA) is 203 Å². The Morgan fingerprint density at radius 3 is 2.05 bits per heavy atom. The zero-order chi connectivity index (χ0) is 15.8. The molecule has 0 saturated carbocycles. The van der Waals surface area contributed by atoms with Crippen molar-refractivity contribution >= 4 is 15.6 Å². The molecule has 0 bridgehead atoms. The number of aliphatic hydroxyl groups is 3. The molecule has 20 heavy (non-hydrogen) atoms. The largest absolute Gasteiger partial charge is 0.472 e. The molecular formula is C6H14O12P2. The van der Waals surface area contributed by atoms with Crippen LogP contribution in [0.4, 0.5) is 0 Å². The summed E-state index contributed by atoms with van der Waals surface area (Å²) in [4.78, 5) is 34.3. The van der Waals surface area contributed by atoms with Gasteiger partial charge >= 0.3 is 15.6 Å². The molecule has 1 rings (SSSR count). The number of hydrogen-bond donors (Lipinski definition) is 7. The minimum atomic E-state index is -5.19. The third kappa shape index (κ3) is 4.53. The Hall–Kier alpha value is 0.0600. The molecule has 7 N–H and O–H groups in total. The van der Waals surface area contributed by atoms with E-state index in [4.69, 9.17) is 29.4 Å². The molecule has 1 aliphatic heterocycles. The summed E-state index contributed by atoms with van der Waals surface area (Å²) >= 11 is 0. The van der Waals surface area contributed by atoms with Crippen molar-refractivity contribution in [3.8, 4) is 0 Å². The highest BCUT2D eigenvalue weighted by atomic mass is 31.2. The van der Waals surface area contributed by atoms with E-state index in [2.05, 4.69) is 9.05 Å². The Morgan fingerprint density at radius 1 is 1.10 bits per heavy atom. The van der Waals surface area contributed by atoms with E-state index in [1.807, 2.05) is 0 Å². The maximum absolute atomic E-state index is 10.8. The molecule has 0 aromatic rings. The van der Waals surface area contributed by atoms with Crippen LogP contribution < -0.4 is 0 Å². The van der Waals surface area contributed by atoms with Crippen molar-refractivity contribution in [3.05, 3.63) is 0 Å². The molecule has 14 heteroatoms. The Morgan fingerprint density at radius 2 is 1.65 bits per heavy atom. The van der Waals surface area contributed by atoms with Gasteiger partial charge in [0.2, 0.25) is 5.79 Å². The summed E-state index contributed by atoms with van der Waals surface area (Å²) in [5.41, 5.74) is 0. The van der Waals surface area contributed by atoms with Gasteiger partial charge in [0.15, 0.2) is 0 Å². The fraction of sp³-hybridized carbons (Fsp3) is 1.00. The van der Waals surface area contributed by atoms with Crippen LogP contribution in [0.2, 0.25) is 0 Å². The van der Waals surface area contributed by atoms with Crippen LogP contribution in [-0.2, 0) is 22.9 Å². The minimum Gasteiger partial charge on any atom is -0.391 e. The van der Waals surface area contributed by atoms with Crippen molar-refractivity contribution in [2.24, 2.45) is 0 Å². The molecule has 0 aliphatic carbocycles. The molecule has 1 saturated heterocycles. The highest BCUT2D eigenvalue weighted by Crippen LogP contribution is 2.47. The van der Waals surface area contributed by atoms with Crippen molar-refractivity contribution in [2.75, 3.05) is 13.2 Å². The average molecular weight is 340 g/mol. The summed E-state index contributed by atoms with van der Waals surface area (Å²) in [7, 11) is -10.1. The van der Waals surface area contributed by atoms with Gasteiger partial charge in [-0.05, 0) is 0 Å². The summed E-state index contributed by atoms with van der Waals surface area (Å²) < 4.78 is 34.2. The predicted molar refractivity (Wildman–Crippen MR) is 57.8 cm³/mol. The summed E-state index contributed by atoms with van der Waals surface area (Å²) in [5, 5.41) is 28.2. The highest BCUT2D eigenvalue weighted by molar-refractivity contribution is 7.46. The number of rotatable bonds is 6. The van der Waals surface area contributed by atoms with E-state index in [-0.39, 0.29) is 0 Å². The van der Waals surface area contributed by atoms with Crippen molar-refractivity contribution in [1.82, 2.24) is 0 Å². The van der Waals surface area contributed by atoms with Crippen LogP contribution in [-0.4, -0.2) is 72.2 Å². The van der Waals surface area contributed by atoms with Gasteiger partial charge in [0.25, 0.3) is 0 Å². The van der Waals surface area contributed by atoms with E-state index in [1.165, 1.54) is 0 Å². The number of aliphatic hydroxyl groups excluding tert-OH is 3. The predicted octanol–water partition coefficient (Wildman–Crippen LogP) is -2.99. The van der Waals surface area contributed by atoms with Crippen LogP contribution in [0.5, 0.6) is 0 Å². The van der Waals surface area contributed by atoms with Gasteiger partial charge in [-0.25, -0.2) is 13.7 Å². The lowest BCUT2D eigenvalue weighted by Gasteiger charge is -2.29. The zero-order valence-corrected chi connectivity index (χ0v) is 11.5. The van der Waals surface area contributed by atoms with E-state index in [0.29, 0.717) is 0 Å². The Bertz CT molecular complexity index is 428. The molecule has 12 nitrogen and oxygen atoms in total. The summed E-state index contributed by atoms with van der Waals surface area (Å²) in [5.74, 6) is -2.64. The molecule has 0 aromatic heterocycles. The van der Waals surface area contributed by atoms with Gasteiger partial charge < -0.3 is 39.6 Å².